The van der Waals surface area contributed by atoms with Gasteiger partial charge in [-0.25, -0.2) is 8.78 Å². The second-order valence-corrected chi connectivity index (χ2v) is 5.54. The van der Waals surface area contributed by atoms with Crippen LogP contribution in [0.3, 0.4) is 0 Å². The van der Waals surface area contributed by atoms with Gasteiger partial charge in [-0.1, -0.05) is 11.8 Å². The standard InChI is InChI=1S/C14H17F2N3O2S/c1-8-4-11(20-3)9(2)10(18-8)7-22-14-17-5-13(19-14)21-6-12(15)16/h4-5,12H,6-7H2,1-3H3,(H,17,19). The van der Waals surface area contributed by atoms with E-state index in [4.69, 9.17) is 9.47 Å². The van der Waals surface area contributed by atoms with E-state index in [-0.39, 0.29) is 5.88 Å². The lowest BCUT2D eigenvalue weighted by Gasteiger charge is -2.10. The number of nitrogens with one attached hydrogen (secondary N) is 1. The number of hydrogen-bond acceptors (Lipinski definition) is 5. The first-order chi connectivity index (χ1) is 10.5. The zero-order valence-electron chi connectivity index (χ0n) is 12.5. The first kappa shape index (κ1) is 16.5. The van der Waals surface area contributed by atoms with E-state index < -0.39 is 13.0 Å². The summed E-state index contributed by atoms with van der Waals surface area (Å²) in [5.41, 5.74) is 2.74. The Labute approximate surface area is 131 Å². The molecule has 0 atom stereocenters. The largest absolute Gasteiger partial charge is 0.496 e. The van der Waals surface area contributed by atoms with Crippen molar-refractivity contribution in [1.29, 1.82) is 0 Å². The predicted octanol–water partition coefficient (Wildman–Crippen LogP) is 3.37. The minimum atomic E-state index is -2.51. The van der Waals surface area contributed by atoms with Crippen LogP contribution in [0.25, 0.3) is 0 Å². The van der Waals surface area contributed by atoms with E-state index >= 15 is 0 Å². The highest BCUT2D eigenvalue weighted by atomic mass is 32.2. The summed E-state index contributed by atoms with van der Waals surface area (Å²) in [7, 11) is 1.62. The molecule has 2 heterocycles. The third-order valence-corrected chi connectivity index (χ3v) is 3.81. The van der Waals surface area contributed by atoms with Crippen LogP contribution >= 0.6 is 11.8 Å². The third kappa shape index (κ3) is 4.33. The smallest absolute Gasteiger partial charge is 0.272 e. The van der Waals surface area contributed by atoms with Gasteiger partial charge in [-0.05, 0) is 13.8 Å². The average molecular weight is 329 g/mol. The predicted molar refractivity (Wildman–Crippen MR) is 79.9 cm³/mol. The van der Waals surface area contributed by atoms with E-state index in [0.29, 0.717) is 10.9 Å². The number of thioether (sulfide) groups is 1. The molecule has 0 amide bonds. The summed E-state index contributed by atoms with van der Waals surface area (Å²) in [5.74, 6) is 1.55. The summed E-state index contributed by atoms with van der Waals surface area (Å²) in [6.45, 7) is 3.19. The van der Waals surface area contributed by atoms with Crippen LogP contribution < -0.4 is 9.47 Å². The van der Waals surface area contributed by atoms with Gasteiger partial charge in [0, 0.05) is 23.1 Å². The molecule has 0 aliphatic rings. The van der Waals surface area contributed by atoms with Gasteiger partial charge in [0.05, 0.1) is 19.0 Å². The Morgan fingerprint density at radius 1 is 1.32 bits per heavy atom. The Hall–Kier alpha value is -1.83. The number of halogens is 2. The van der Waals surface area contributed by atoms with Gasteiger partial charge in [0.15, 0.2) is 11.8 Å². The van der Waals surface area contributed by atoms with Crippen molar-refractivity contribution in [3.05, 3.63) is 29.2 Å². The van der Waals surface area contributed by atoms with E-state index in [9.17, 15) is 8.78 Å². The maximum atomic E-state index is 12.1. The number of hydrogen-bond donors (Lipinski definition) is 1. The molecule has 0 aliphatic heterocycles. The van der Waals surface area contributed by atoms with Crippen LogP contribution in [0.4, 0.5) is 8.78 Å². The number of H-pyrrole nitrogens is 1. The number of imidazole rings is 1. The summed E-state index contributed by atoms with van der Waals surface area (Å²) in [6.07, 6.45) is -1.05. The monoisotopic (exact) mass is 329 g/mol. The maximum Gasteiger partial charge on any atom is 0.272 e. The molecule has 5 nitrogen and oxygen atoms in total. The number of pyridine rings is 1. The molecule has 22 heavy (non-hydrogen) atoms. The molecule has 0 unspecified atom stereocenters. The molecule has 0 spiro atoms. The lowest BCUT2D eigenvalue weighted by atomic mass is 10.2. The summed E-state index contributed by atoms with van der Waals surface area (Å²) in [6, 6.07) is 1.88. The topological polar surface area (TPSA) is 60.0 Å². The number of alkyl halides is 2. The average Bonchev–Trinajstić information content (AvgIpc) is 2.93. The minimum absolute atomic E-state index is 0.161. The quantitative estimate of drug-likeness (QED) is 0.789. The van der Waals surface area contributed by atoms with Gasteiger partial charge in [0.2, 0.25) is 5.88 Å². The van der Waals surface area contributed by atoms with Crippen molar-refractivity contribution in [2.75, 3.05) is 13.7 Å². The van der Waals surface area contributed by atoms with Crippen molar-refractivity contribution in [3.8, 4) is 11.6 Å². The molecular formula is C14H17F2N3O2S. The van der Waals surface area contributed by atoms with Crippen molar-refractivity contribution < 1.29 is 18.3 Å². The molecule has 2 aromatic heterocycles. The molecule has 120 valence electrons. The second kappa shape index (κ2) is 7.44. The second-order valence-electron chi connectivity index (χ2n) is 4.57. The molecule has 0 fully saturated rings. The fraction of sp³-hybridized carbons (Fsp3) is 0.429. The first-order valence-corrected chi connectivity index (χ1v) is 7.58. The van der Waals surface area contributed by atoms with Crippen molar-refractivity contribution >= 4 is 11.8 Å². The van der Waals surface area contributed by atoms with Crippen LogP contribution in [0.1, 0.15) is 17.0 Å². The summed E-state index contributed by atoms with van der Waals surface area (Å²) in [4.78, 5) is 11.5. The van der Waals surface area contributed by atoms with Crippen LogP contribution in [0.15, 0.2) is 17.4 Å². The van der Waals surface area contributed by atoms with Gasteiger partial charge < -0.3 is 14.5 Å². The van der Waals surface area contributed by atoms with Crippen molar-refractivity contribution in [3.63, 3.8) is 0 Å². The fourth-order valence-electron chi connectivity index (χ4n) is 1.84. The number of nitrogens with zero attached hydrogens (tertiary/aromatic N) is 2. The van der Waals surface area contributed by atoms with Crippen LogP contribution in [0, 0.1) is 13.8 Å². The van der Waals surface area contributed by atoms with E-state index in [0.717, 1.165) is 22.7 Å². The highest BCUT2D eigenvalue weighted by Gasteiger charge is 2.11. The van der Waals surface area contributed by atoms with Gasteiger partial charge in [-0.2, -0.15) is 4.98 Å². The third-order valence-electron chi connectivity index (χ3n) is 2.91. The molecule has 0 saturated heterocycles. The van der Waals surface area contributed by atoms with E-state index in [1.165, 1.54) is 18.0 Å². The van der Waals surface area contributed by atoms with E-state index in [1.807, 2.05) is 19.9 Å². The van der Waals surface area contributed by atoms with Crippen LogP contribution in [-0.2, 0) is 5.75 Å². The number of aryl methyl sites for hydroxylation is 1. The van der Waals surface area contributed by atoms with E-state index in [2.05, 4.69) is 15.0 Å². The Kier molecular flexibility index (Phi) is 5.59. The van der Waals surface area contributed by atoms with E-state index in [1.54, 1.807) is 7.11 Å². The van der Waals surface area contributed by atoms with Gasteiger partial charge in [-0.15, -0.1) is 0 Å². The van der Waals surface area contributed by atoms with Crippen LogP contribution in [0.5, 0.6) is 11.6 Å². The number of aromatic nitrogens is 3. The Morgan fingerprint density at radius 3 is 2.77 bits per heavy atom. The lowest BCUT2D eigenvalue weighted by molar-refractivity contribution is 0.0796. The molecule has 0 aliphatic carbocycles. The number of aromatic amines is 1. The highest BCUT2D eigenvalue weighted by Crippen LogP contribution is 2.27. The Morgan fingerprint density at radius 2 is 2.09 bits per heavy atom. The van der Waals surface area contributed by atoms with Crippen molar-refractivity contribution in [2.24, 2.45) is 0 Å². The maximum absolute atomic E-state index is 12.1. The van der Waals surface area contributed by atoms with Gasteiger partial charge in [0.25, 0.3) is 6.43 Å². The number of methoxy groups -OCH3 is 1. The zero-order chi connectivity index (χ0) is 16.1. The van der Waals surface area contributed by atoms with Gasteiger partial charge in [-0.3, -0.25) is 4.98 Å². The Bertz CT molecular complexity index is 635. The SMILES string of the molecule is COc1cc(C)nc(CSc2nc(OCC(F)F)c[nH]2)c1C. The van der Waals surface area contributed by atoms with Gasteiger partial charge >= 0.3 is 0 Å². The summed E-state index contributed by atoms with van der Waals surface area (Å²) >= 11 is 1.42. The van der Waals surface area contributed by atoms with Crippen molar-refractivity contribution in [2.45, 2.75) is 31.2 Å². The lowest BCUT2D eigenvalue weighted by Crippen LogP contribution is -2.06. The molecule has 0 saturated carbocycles. The molecule has 1 N–H and O–H groups in total. The fourth-order valence-corrected chi connectivity index (χ4v) is 2.69. The first-order valence-electron chi connectivity index (χ1n) is 6.60. The number of ether oxygens (including phenoxy) is 2. The Balaban J connectivity index is 2.00. The van der Waals surface area contributed by atoms with Crippen LogP contribution in [-0.4, -0.2) is 35.1 Å². The molecule has 0 aromatic carbocycles. The summed E-state index contributed by atoms with van der Waals surface area (Å²) < 4.78 is 34.3. The minimum Gasteiger partial charge on any atom is -0.496 e. The highest BCUT2D eigenvalue weighted by molar-refractivity contribution is 7.98. The molecule has 0 bridgehead atoms. The molecule has 2 aromatic rings. The summed E-state index contributed by atoms with van der Waals surface area (Å²) in [5, 5.41) is 0.589. The van der Waals surface area contributed by atoms with Gasteiger partial charge in [0.1, 0.15) is 5.75 Å². The molecular weight excluding hydrogens is 312 g/mol. The van der Waals surface area contributed by atoms with Crippen LogP contribution in [0.2, 0.25) is 0 Å². The molecule has 0 radical (unpaired) electrons. The normalized spacial score (nSPS) is 11.0. The van der Waals surface area contributed by atoms with Crippen molar-refractivity contribution in [1.82, 2.24) is 15.0 Å². The molecule has 8 heteroatoms. The molecule has 2 rings (SSSR count). The number of rotatable bonds is 7. The zero-order valence-corrected chi connectivity index (χ0v) is 13.3.